The normalized spacial score (nSPS) is 16.0. The number of rotatable bonds is 34. The van der Waals surface area contributed by atoms with Crippen LogP contribution in [0.1, 0.15) is 142 Å². The van der Waals surface area contributed by atoms with Gasteiger partial charge in [0.05, 0.1) is 67.8 Å². The first-order chi connectivity index (χ1) is 41.8. The predicted molar refractivity (Wildman–Crippen MR) is 323 cm³/mol. The number of carbonyl (C=O) groups is 3. The summed E-state index contributed by atoms with van der Waals surface area (Å²) in [5.74, 6) is 1.18. The van der Waals surface area contributed by atoms with Crippen molar-refractivity contribution < 1.29 is 46.6 Å². The maximum absolute atomic E-state index is 13.8. The van der Waals surface area contributed by atoms with Crippen LogP contribution in [-0.4, -0.2) is 114 Å². The average molecular weight is 1220 g/mol. The Morgan fingerprint density at radius 3 is 2.36 bits per heavy atom. The Morgan fingerprint density at radius 1 is 0.874 bits per heavy atom. The molecule has 1 saturated carbocycles. The van der Waals surface area contributed by atoms with Gasteiger partial charge in [0.25, 0.3) is 27.4 Å². The highest BCUT2D eigenvalue weighted by Crippen LogP contribution is 2.65. The van der Waals surface area contributed by atoms with Crippen molar-refractivity contribution in [1.29, 1.82) is 0 Å². The molecule has 0 radical (unpaired) electrons. The van der Waals surface area contributed by atoms with Crippen molar-refractivity contribution in [3.63, 3.8) is 0 Å². The molecule has 26 nitrogen and oxygen atoms in total. The van der Waals surface area contributed by atoms with Crippen LogP contribution < -0.4 is 36.3 Å². The largest absolute Gasteiger partial charge is 0.496 e. The zero-order chi connectivity index (χ0) is 62.3. The first-order valence-electron chi connectivity index (χ1n) is 29.3. The number of unbranched alkanes of at least 4 members (excludes halogenated alkanes) is 6. The number of anilines is 1. The summed E-state index contributed by atoms with van der Waals surface area (Å²) in [6.45, 7) is 11.6. The SMILES string of the molecule is COc1cc(C(C)(C)CCCCCCN=[N+]=[N-])cc(OC)c1[C@H]1C=C(CNC(=O)CCCCCCNC(=O)c2ccc(=O)n(S(=O)(=O)c3cccc(C(=O)NCc4cn(CCOCCNc5ccc([N+](=O)[O-])c6nonc56)nn4)c3)c2)[C@H]2C[C@@H]1C2(C)C. The van der Waals surface area contributed by atoms with E-state index in [1.807, 2.05) is 0 Å². The maximum atomic E-state index is 13.8. The molecule has 1 fully saturated rings. The summed E-state index contributed by atoms with van der Waals surface area (Å²) in [4.78, 5) is 65.8. The predicted octanol–water partition coefficient (Wildman–Crippen LogP) is 8.92. The summed E-state index contributed by atoms with van der Waals surface area (Å²) < 4.78 is 52.2. The number of hydrogen-bond donors (Lipinski definition) is 4. The zero-order valence-corrected chi connectivity index (χ0v) is 50.8. The Balaban J connectivity index is 0.744. The van der Waals surface area contributed by atoms with Crippen LogP contribution in [0.4, 0.5) is 11.4 Å². The molecule has 87 heavy (non-hydrogen) atoms. The number of methoxy groups -OCH3 is 2. The smallest absolute Gasteiger partial charge is 0.300 e. The second-order valence-electron chi connectivity index (χ2n) is 23.1. The number of amides is 3. The van der Waals surface area contributed by atoms with Gasteiger partial charge in [-0.15, -0.1) is 5.10 Å². The number of azide groups is 1. The summed E-state index contributed by atoms with van der Waals surface area (Å²) in [6, 6.07) is 14.6. The number of pyridine rings is 1. The van der Waals surface area contributed by atoms with Gasteiger partial charge in [0.2, 0.25) is 11.4 Å². The van der Waals surface area contributed by atoms with E-state index < -0.39 is 32.3 Å². The summed E-state index contributed by atoms with van der Waals surface area (Å²) in [5, 5.41) is 42.1. The van der Waals surface area contributed by atoms with Crippen molar-refractivity contribution in [2.24, 2.45) is 22.4 Å². The highest BCUT2D eigenvalue weighted by Gasteiger charge is 2.56. The van der Waals surface area contributed by atoms with E-state index in [1.165, 1.54) is 46.7 Å². The third-order valence-electron chi connectivity index (χ3n) is 16.7. The molecule has 4 N–H and O–H groups in total. The Labute approximate surface area is 504 Å². The van der Waals surface area contributed by atoms with E-state index in [0.29, 0.717) is 72.6 Å². The van der Waals surface area contributed by atoms with Gasteiger partial charge in [-0.05, 0) is 119 Å². The Kier molecular flexibility index (Phi) is 21.5. The fraction of sp³-hybridized carbons (Fsp3) is 0.500. The van der Waals surface area contributed by atoms with Gasteiger partial charge in [0.1, 0.15) is 17.2 Å². The minimum atomic E-state index is -4.56. The lowest BCUT2D eigenvalue weighted by Crippen LogP contribution is -2.52. The van der Waals surface area contributed by atoms with E-state index in [9.17, 15) is 37.7 Å². The quantitative estimate of drug-likeness (QED) is 0.00557. The number of non-ortho nitro benzene ring substituents is 1. The average Bonchev–Trinajstić information content (AvgIpc) is 1.11. The number of nitro groups is 1. The number of fused-ring (bicyclic) bond motifs is 2. The molecule has 3 aliphatic rings. The van der Waals surface area contributed by atoms with Crippen molar-refractivity contribution in [2.75, 3.05) is 58.9 Å². The van der Waals surface area contributed by atoms with Gasteiger partial charge in [0.15, 0.2) is 5.52 Å². The number of benzene rings is 3. The van der Waals surface area contributed by atoms with Gasteiger partial charge in [-0.3, -0.25) is 29.3 Å². The zero-order valence-electron chi connectivity index (χ0n) is 50.0. The van der Waals surface area contributed by atoms with Crippen molar-refractivity contribution in [3.05, 3.63) is 144 Å². The third kappa shape index (κ3) is 15.7. The van der Waals surface area contributed by atoms with Crippen LogP contribution in [0.25, 0.3) is 21.5 Å². The third-order valence-corrected chi connectivity index (χ3v) is 18.3. The number of nitro benzene ring substituents is 1. The molecule has 464 valence electrons. The van der Waals surface area contributed by atoms with Crippen molar-refractivity contribution in [1.82, 2.24) is 45.2 Å². The van der Waals surface area contributed by atoms with Crippen LogP contribution in [0.15, 0.2) is 104 Å². The van der Waals surface area contributed by atoms with E-state index in [2.05, 4.69) is 102 Å². The van der Waals surface area contributed by atoms with Crippen LogP contribution in [-0.2, 0) is 38.1 Å². The molecule has 3 heterocycles. The van der Waals surface area contributed by atoms with Gasteiger partial charge in [-0.25, -0.2) is 21.7 Å². The summed E-state index contributed by atoms with van der Waals surface area (Å²) in [7, 11) is -1.13. The monoisotopic (exact) mass is 1220 g/mol. The summed E-state index contributed by atoms with van der Waals surface area (Å²) in [6.07, 6.45) is 14.0. The Hall–Kier alpha value is -8.68. The fourth-order valence-electron chi connectivity index (χ4n) is 11.6. The standard InChI is InChI=1S/C60H76N14O12S/c1-59(2,23-12-8-10-14-25-66-70-61)42-32-50(83-5)54(51(33-42)84-6)45-31-41(46-34-47(45)60(46,3)4)35-64-52(75)18-11-7-9-13-24-63-58(78)40-19-22-53(76)73(37-40)87(81,82)44-17-15-16-39(30-44)57(77)65-36-43-38-72(71-67-43)27-29-85-28-26-62-48-20-21-49(74(79)80)56-55(48)68-86-69-56/h15-17,19-22,30-33,37-38,45-47,62H,7-14,18,23-29,34-36H2,1-6H3,(H,63,78)(H,64,75)(H,65,77)/t45-,46+,47-/m0/s1. The van der Waals surface area contributed by atoms with E-state index in [1.54, 1.807) is 20.4 Å². The Bertz CT molecular complexity index is 3680. The molecule has 3 aromatic heterocycles. The van der Waals surface area contributed by atoms with Crippen LogP contribution >= 0.6 is 0 Å². The van der Waals surface area contributed by atoms with Gasteiger partial charge >= 0.3 is 5.69 Å². The van der Waals surface area contributed by atoms with Crippen molar-refractivity contribution in [2.45, 2.75) is 128 Å². The molecule has 0 spiro atoms. The molecule has 27 heteroatoms. The van der Waals surface area contributed by atoms with Gasteiger partial charge in [0, 0.05) is 72.9 Å². The number of ether oxygens (including phenoxy) is 3. The molecule has 0 aliphatic heterocycles. The Morgan fingerprint density at radius 2 is 1.61 bits per heavy atom. The first-order valence-corrected chi connectivity index (χ1v) is 30.7. The minimum Gasteiger partial charge on any atom is -0.496 e. The molecule has 3 atom stereocenters. The molecule has 2 bridgehead atoms. The maximum Gasteiger partial charge on any atom is 0.300 e. The molecule has 3 aliphatic carbocycles. The second-order valence-corrected chi connectivity index (χ2v) is 24.9. The second kappa shape index (κ2) is 29.1. The molecule has 3 aromatic carbocycles. The number of aromatic nitrogens is 6. The minimum absolute atomic E-state index is 0.00421. The molecule has 9 rings (SSSR count). The molecule has 6 aromatic rings. The highest BCUT2D eigenvalue weighted by molar-refractivity contribution is 7.90. The molecular formula is C60H76N14O12S. The topological polar surface area (TPSA) is 345 Å². The lowest BCUT2D eigenvalue weighted by molar-refractivity contribution is -0.383. The van der Waals surface area contributed by atoms with Gasteiger partial charge in [-0.2, -0.15) is 0 Å². The van der Waals surface area contributed by atoms with Gasteiger partial charge < -0.3 is 35.5 Å². The lowest BCUT2D eigenvalue weighted by Gasteiger charge is -2.59. The van der Waals surface area contributed by atoms with Crippen LogP contribution in [0, 0.1) is 27.4 Å². The number of nitrogens with one attached hydrogen (secondary N) is 4. The molecule has 0 saturated heterocycles. The van der Waals surface area contributed by atoms with E-state index in [-0.39, 0.29) is 81.7 Å². The molecule has 3 amide bonds. The van der Waals surface area contributed by atoms with Gasteiger partial charge in [-0.1, -0.05) is 87.8 Å². The highest BCUT2D eigenvalue weighted by atomic mass is 32.2. The van der Waals surface area contributed by atoms with Crippen LogP contribution in [0.2, 0.25) is 0 Å². The van der Waals surface area contributed by atoms with Crippen LogP contribution in [0.5, 0.6) is 11.5 Å². The number of carbonyl (C=O) groups excluding carboxylic acids is 3. The summed E-state index contributed by atoms with van der Waals surface area (Å²) in [5.41, 5.74) is 11.9. The number of hydrogen-bond acceptors (Lipinski definition) is 18. The molecule has 0 unspecified atom stereocenters. The first kappa shape index (κ1) is 64.3. The van der Waals surface area contributed by atoms with E-state index >= 15 is 0 Å². The van der Waals surface area contributed by atoms with Crippen molar-refractivity contribution >= 4 is 50.2 Å². The lowest BCUT2D eigenvalue weighted by atomic mass is 9.45. The van der Waals surface area contributed by atoms with E-state index in [0.717, 1.165) is 92.3 Å². The number of nitrogens with zero attached hydrogens (tertiary/aromatic N) is 10. The van der Waals surface area contributed by atoms with E-state index in [4.69, 9.17) is 19.7 Å². The van der Waals surface area contributed by atoms with Crippen molar-refractivity contribution in [3.8, 4) is 11.5 Å². The summed E-state index contributed by atoms with van der Waals surface area (Å²) >= 11 is 0. The van der Waals surface area contributed by atoms with Crippen LogP contribution in [0.3, 0.4) is 0 Å². The fourth-order valence-corrected chi connectivity index (χ4v) is 12.9. The molecular weight excluding hydrogens is 1140 g/mol. The number of allylic oxidation sites excluding steroid dienone is 1.